The van der Waals surface area contributed by atoms with E-state index in [9.17, 15) is 4.79 Å². The molecule has 2 saturated carbocycles. The summed E-state index contributed by atoms with van der Waals surface area (Å²) in [6.07, 6.45) is 9.03. The van der Waals surface area contributed by atoms with Crippen molar-refractivity contribution in [2.75, 3.05) is 19.8 Å². The van der Waals surface area contributed by atoms with Crippen molar-refractivity contribution >= 4 is 11.5 Å². The molecule has 3 aliphatic rings. The molecule has 2 bridgehead atoms. The first-order valence-corrected chi connectivity index (χ1v) is 12.2. The van der Waals surface area contributed by atoms with Crippen LogP contribution < -0.4 is 4.74 Å². The van der Waals surface area contributed by atoms with E-state index in [1.54, 1.807) is 0 Å². The van der Waals surface area contributed by atoms with Crippen LogP contribution in [-0.2, 0) is 24.0 Å². The van der Waals surface area contributed by atoms with Crippen molar-refractivity contribution in [3.05, 3.63) is 36.4 Å². The van der Waals surface area contributed by atoms with Crippen molar-refractivity contribution < 1.29 is 28.8 Å². The van der Waals surface area contributed by atoms with E-state index < -0.39 is 5.79 Å². The van der Waals surface area contributed by atoms with Gasteiger partial charge in [-0.2, -0.15) is 0 Å². The first kappa shape index (κ1) is 23.3. The number of fused-ring (bicyclic) bond motifs is 3. The van der Waals surface area contributed by atoms with Gasteiger partial charge in [0.1, 0.15) is 25.1 Å². The lowest BCUT2D eigenvalue weighted by atomic mass is 9.93. The predicted molar refractivity (Wildman–Crippen MR) is 121 cm³/mol. The molecule has 1 aromatic carbocycles. The second-order valence-corrected chi connectivity index (χ2v) is 9.30. The maximum absolute atomic E-state index is 11.7. The van der Waals surface area contributed by atoms with Gasteiger partial charge in [-0.15, -0.1) is 0 Å². The van der Waals surface area contributed by atoms with Crippen molar-refractivity contribution in [1.29, 1.82) is 0 Å². The highest BCUT2D eigenvalue weighted by Crippen LogP contribution is 2.54. The SMILES string of the molecule is C=C(c1ccc(OCCOC(=O)CCCCCC)cc1)C1COC2(CC3CCC2C3)OO1. The summed E-state index contributed by atoms with van der Waals surface area (Å²) in [4.78, 5) is 23.3. The second kappa shape index (κ2) is 10.8. The minimum atomic E-state index is -0.531. The molecule has 1 aromatic rings. The smallest absolute Gasteiger partial charge is 0.305 e. The molecule has 4 unspecified atom stereocenters. The Hall–Kier alpha value is -1.89. The van der Waals surface area contributed by atoms with E-state index in [0.717, 1.165) is 49.0 Å². The highest BCUT2D eigenvalue weighted by atomic mass is 17.2. The van der Waals surface area contributed by atoms with Crippen molar-refractivity contribution in [1.82, 2.24) is 0 Å². The largest absolute Gasteiger partial charge is 0.490 e. The van der Waals surface area contributed by atoms with Crippen LogP contribution >= 0.6 is 0 Å². The number of hydrogen-bond donors (Lipinski definition) is 0. The molecule has 0 N–H and O–H groups in total. The van der Waals surface area contributed by atoms with E-state index in [0.29, 0.717) is 31.5 Å². The predicted octanol–water partition coefficient (Wildman–Crippen LogP) is 5.46. The van der Waals surface area contributed by atoms with Gasteiger partial charge in [-0.05, 0) is 54.9 Å². The molecular formula is C26H36O6. The van der Waals surface area contributed by atoms with E-state index in [1.165, 1.54) is 19.3 Å². The Balaban J connectivity index is 1.15. The number of benzene rings is 1. The van der Waals surface area contributed by atoms with Crippen LogP contribution in [0.5, 0.6) is 5.75 Å². The Bertz CT molecular complexity index is 765. The highest BCUT2D eigenvalue weighted by molar-refractivity contribution is 5.69. The van der Waals surface area contributed by atoms with Crippen LogP contribution in [0, 0.1) is 11.8 Å². The fourth-order valence-corrected chi connectivity index (χ4v) is 5.11. The molecule has 6 heteroatoms. The van der Waals surface area contributed by atoms with E-state index in [2.05, 4.69) is 13.5 Å². The van der Waals surface area contributed by atoms with Gasteiger partial charge in [0.15, 0.2) is 0 Å². The van der Waals surface area contributed by atoms with Gasteiger partial charge in [-0.1, -0.05) is 44.9 Å². The number of hydrogen-bond acceptors (Lipinski definition) is 6. The van der Waals surface area contributed by atoms with Crippen LogP contribution in [0.1, 0.15) is 70.3 Å². The fraction of sp³-hybridized carbons (Fsp3) is 0.654. The van der Waals surface area contributed by atoms with Gasteiger partial charge >= 0.3 is 5.97 Å². The lowest BCUT2D eigenvalue weighted by Gasteiger charge is -2.41. The summed E-state index contributed by atoms with van der Waals surface area (Å²) < 4.78 is 17.1. The molecule has 32 heavy (non-hydrogen) atoms. The van der Waals surface area contributed by atoms with Crippen LogP contribution in [0.2, 0.25) is 0 Å². The summed E-state index contributed by atoms with van der Waals surface area (Å²) in [6.45, 7) is 7.39. The van der Waals surface area contributed by atoms with Gasteiger partial charge in [-0.3, -0.25) is 4.79 Å². The molecule has 0 radical (unpaired) electrons. The lowest BCUT2D eigenvalue weighted by Crippen LogP contribution is -2.48. The number of carbonyl (C=O) groups is 1. The molecule has 4 rings (SSSR count). The Labute approximate surface area is 191 Å². The summed E-state index contributed by atoms with van der Waals surface area (Å²) >= 11 is 0. The molecule has 0 aromatic heterocycles. The van der Waals surface area contributed by atoms with Crippen molar-refractivity contribution in [3.8, 4) is 5.75 Å². The summed E-state index contributed by atoms with van der Waals surface area (Å²) in [5.74, 6) is 1.21. The quantitative estimate of drug-likeness (QED) is 0.257. The maximum Gasteiger partial charge on any atom is 0.305 e. The number of esters is 1. The molecule has 6 nitrogen and oxygen atoms in total. The summed E-state index contributed by atoms with van der Waals surface area (Å²) in [5.41, 5.74) is 1.78. The number of ether oxygens (including phenoxy) is 3. The van der Waals surface area contributed by atoms with E-state index in [-0.39, 0.29) is 18.7 Å². The van der Waals surface area contributed by atoms with Crippen molar-refractivity contribution in [3.63, 3.8) is 0 Å². The van der Waals surface area contributed by atoms with E-state index in [1.807, 2.05) is 24.3 Å². The van der Waals surface area contributed by atoms with E-state index in [4.69, 9.17) is 24.0 Å². The molecule has 4 atom stereocenters. The standard InChI is InChI=1S/C26H36O6/c1-3-4-5-6-7-25(27)29-15-14-28-23-12-9-21(10-13-23)19(2)24-18-30-26(32-31-24)17-20-8-11-22(26)16-20/h9-10,12-13,20,22,24H,2-8,11,14-18H2,1H3. The molecule has 3 fully saturated rings. The van der Waals surface area contributed by atoms with Gasteiger partial charge in [0.2, 0.25) is 5.79 Å². The van der Waals surface area contributed by atoms with Gasteiger partial charge in [-0.25, -0.2) is 9.78 Å². The summed E-state index contributed by atoms with van der Waals surface area (Å²) in [5, 5.41) is 0. The molecule has 1 heterocycles. The molecule has 0 amide bonds. The molecule has 1 spiro atoms. The zero-order valence-corrected chi connectivity index (χ0v) is 19.2. The van der Waals surface area contributed by atoms with Gasteiger partial charge in [0, 0.05) is 18.8 Å². The van der Waals surface area contributed by atoms with Gasteiger partial charge in [0.25, 0.3) is 0 Å². The minimum Gasteiger partial charge on any atom is -0.490 e. The topological polar surface area (TPSA) is 63.2 Å². The Morgan fingerprint density at radius 1 is 1.16 bits per heavy atom. The van der Waals surface area contributed by atoms with E-state index >= 15 is 0 Å². The average molecular weight is 445 g/mol. The number of unbranched alkanes of at least 4 members (excludes halogenated alkanes) is 3. The van der Waals surface area contributed by atoms with Crippen LogP contribution in [0.3, 0.4) is 0 Å². The zero-order valence-electron chi connectivity index (χ0n) is 19.2. The first-order valence-electron chi connectivity index (χ1n) is 12.2. The van der Waals surface area contributed by atoms with Crippen molar-refractivity contribution in [2.24, 2.45) is 11.8 Å². The number of carbonyl (C=O) groups excluding carboxylic acids is 1. The first-order chi connectivity index (χ1) is 15.6. The summed E-state index contributed by atoms with van der Waals surface area (Å²) in [6, 6.07) is 7.66. The third-order valence-corrected chi connectivity index (χ3v) is 6.98. The second-order valence-electron chi connectivity index (χ2n) is 9.30. The fourth-order valence-electron chi connectivity index (χ4n) is 5.11. The molecule has 2 aliphatic carbocycles. The highest BCUT2D eigenvalue weighted by Gasteiger charge is 2.56. The van der Waals surface area contributed by atoms with Crippen LogP contribution in [0.25, 0.3) is 5.57 Å². The zero-order chi connectivity index (χ0) is 22.4. The van der Waals surface area contributed by atoms with Crippen LogP contribution in [-0.4, -0.2) is 37.7 Å². The normalized spacial score (nSPS) is 28.7. The molecule has 1 saturated heterocycles. The Morgan fingerprint density at radius 2 is 2.00 bits per heavy atom. The van der Waals surface area contributed by atoms with Crippen LogP contribution in [0.15, 0.2) is 30.8 Å². The molecule has 1 aliphatic heterocycles. The monoisotopic (exact) mass is 444 g/mol. The Kier molecular flexibility index (Phi) is 7.87. The molecule has 176 valence electrons. The average Bonchev–Trinajstić information content (AvgIpc) is 3.42. The molecular weight excluding hydrogens is 408 g/mol. The van der Waals surface area contributed by atoms with Crippen LogP contribution in [0.4, 0.5) is 0 Å². The number of rotatable bonds is 11. The van der Waals surface area contributed by atoms with Gasteiger partial charge < -0.3 is 14.2 Å². The van der Waals surface area contributed by atoms with Crippen molar-refractivity contribution in [2.45, 2.75) is 76.6 Å². The third kappa shape index (κ3) is 5.53. The third-order valence-electron chi connectivity index (χ3n) is 6.98. The lowest BCUT2D eigenvalue weighted by molar-refractivity contribution is -0.488. The summed E-state index contributed by atoms with van der Waals surface area (Å²) in [7, 11) is 0. The van der Waals surface area contributed by atoms with Gasteiger partial charge in [0.05, 0.1) is 6.61 Å². The maximum atomic E-state index is 11.7. The minimum absolute atomic E-state index is 0.152. The Morgan fingerprint density at radius 3 is 2.66 bits per heavy atom.